The summed E-state index contributed by atoms with van der Waals surface area (Å²) in [5, 5.41) is 16.4. The zero-order valence-electron chi connectivity index (χ0n) is 11.7. The van der Waals surface area contributed by atoms with Crippen LogP contribution in [-0.4, -0.2) is 15.7 Å². The maximum absolute atomic E-state index is 11.4. The van der Waals surface area contributed by atoms with Gasteiger partial charge >= 0.3 is 0 Å². The van der Waals surface area contributed by atoms with Crippen molar-refractivity contribution in [3.05, 3.63) is 46.2 Å². The van der Waals surface area contributed by atoms with E-state index in [-0.39, 0.29) is 11.5 Å². The van der Waals surface area contributed by atoms with Gasteiger partial charge in [-0.25, -0.2) is 4.68 Å². The Morgan fingerprint density at radius 1 is 1.40 bits per heavy atom. The number of hydrogen-bond acceptors (Lipinski definition) is 3. The Hall–Kier alpha value is -1.81. The fraction of sp³-hybridized carbons (Fsp3) is 0.333. The average molecular weight is 292 g/mol. The lowest BCUT2D eigenvalue weighted by atomic mass is 10.0. The van der Waals surface area contributed by atoms with E-state index in [1.807, 2.05) is 39.0 Å². The monoisotopic (exact) mass is 291 g/mol. The van der Waals surface area contributed by atoms with E-state index in [9.17, 15) is 9.90 Å². The minimum Gasteiger partial charge on any atom is -0.545 e. The number of carbonyl (C=O) groups excluding carboxylic acids is 1. The van der Waals surface area contributed by atoms with Gasteiger partial charge in [-0.1, -0.05) is 44.5 Å². The lowest BCUT2D eigenvalue weighted by Crippen LogP contribution is -2.25. The van der Waals surface area contributed by atoms with Crippen molar-refractivity contribution in [3.8, 4) is 5.69 Å². The molecular formula is C15H16ClN2O2-. The van der Waals surface area contributed by atoms with Crippen molar-refractivity contribution in [2.45, 2.75) is 33.1 Å². The van der Waals surface area contributed by atoms with Crippen LogP contribution >= 0.6 is 11.6 Å². The maximum Gasteiger partial charge on any atom is 0.0835 e. The minimum atomic E-state index is -1.19. The maximum atomic E-state index is 11.4. The van der Waals surface area contributed by atoms with Gasteiger partial charge in [-0.15, -0.1) is 0 Å². The number of carbonyl (C=O) groups is 1. The van der Waals surface area contributed by atoms with E-state index < -0.39 is 5.97 Å². The highest BCUT2D eigenvalue weighted by Crippen LogP contribution is 2.27. The van der Waals surface area contributed by atoms with Crippen molar-refractivity contribution in [2.75, 3.05) is 0 Å². The number of nitrogens with zero attached hydrogens (tertiary/aromatic N) is 2. The molecule has 0 radical (unpaired) electrons. The van der Waals surface area contributed by atoms with E-state index in [1.165, 1.54) is 0 Å². The lowest BCUT2D eigenvalue weighted by molar-refractivity contribution is -0.255. The van der Waals surface area contributed by atoms with Gasteiger partial charge in [0.1, 0.15) is 0 Å². The van der Waals surface area contributed by atoms with Gasteiger partial charge in [0.2, 0.25) is 0 Å². The van der Waals surface area contributed by atoms with Crippen LogP contribution in [-0.2, 0) is 6.42 Å². The molecule has 0 bridgehead atoms. The van der Waals surface area contributed by atoms with Crippen LogP contribution in [0.4, 0.5) is 0 Å². The van der Waals surface area contributed by atoms with Crippen LogP contribution in [0, 0.1) is 0 Å². The van der Waals surface area contributed by atoms with Gasteiger partial charge in [-0.2, -0.15) is 5.10 Å². The smallest absolute Gasteiger partial charge is 0.0835 e. The van der Waals surface area contributed by atoms with Crippen LogP contribution in [0.5, 0.6) is 0 Å². The van der Waals surface area contributed by atoms with E-state index in [1.54, 1.807) is 10.7 Å². The third kappa shape index (κ3) is 2.43. The van der Waals surface area contributed by atoms with E-state index in [0.717, 1.165) is 0 Å². The molecule has 0 unspecified atom stereocenters. The van der Waals surface area contributed by atoms with Crippen LogP contribution in [0.3, 0.4) is 0 Å². The molecule has 20 heavy (non-hydrogen) atoms. The number of aromatic nitrogens is 2. The van der Waals surface area contributed by atoms with Crippen molar-refractivity contribution in [3.63, 3.8) is 0 Å². The molecule has 1 heterocycles. The number of hydrogen-bond donors (Lipinski definition) is 0. The Labute approximate surface area is 123 Å². The van der Waals surface area contributed by atoms with Gasteiger partial charge in [0, 0.05) is 5.56 Å². The van der Waals surface area contributed by atoms with Gasteiger partial charge in [-0.05, 0) is 24.5 Å². The van der Waals surface area contributed by atoms with Gasteiger partial charge in [0.25, 0.3) is 0 Å². The van der Waals surface area contributed by atoms with Gasteiger partial charge in [-0.3, -0.25) is 0 Å². The molecule has 5 heteroatoms. The molecule has 0 aliphatic heterocycles. The molecule has 0 spiro atoms. The van der Waals surface area contributed by atoms with Gasteiger partial charge in [0.15, 0.2) is 0 Å². The molecule has 0 atom stereocenters. The SMILES string of the molecule is CCc1c(C(=O)[O-])c(C(C)C)nn1-c1ccccc1Cl. The predicted octanol–water partition coefficient (Wildman–Crippen LogP) is 2.58. The second kappa shape index (κ2) is 5.67. The molecular weight excluding hydrogens is 276 g/mol. The molecule has 1 aromatic carbocycles. The summed E-state index contributed by atoms with van der Waals surface area (Å²) in [6, 6.07) is 7.24. The molecule has 2 aromatic rings. The first-order valence-corrected chi connectivity index (χ1v) is 6.93. The van der Waals surface area contributed by atoms with Crippen molar-refractivity contribution >= 4 is 17.6 Å². The van der Waals surface area contributed by atoms with Crippen LogP contribution in [0.15, 0.2) is 24.3 Å². The summed E-state index contributed by atoms with van der Waals surface area (Å²) in [5.41, 5.74) is 2.01. The Balaban J connectivity index is 2.75. The standard InChI is InChI=1S/C15H17ClN2O2/c1-4-11-13(15(19)20)14(9(2)3)17-18(11)12-8-6-5-7-10(12)16/h5-9H,4H2,1-3H3,(H,19,20)/p-1. The van der Waals surface area contributed by atoms with E-state index >= 15 is 0 Å². The molecule has 2 rings (SSSR count). The molecule has 0 N–H and O–H groups in total. The first-order chi connectivity index (χ1) is 9.47. The van der Waals surface area contributed by atoms with E-state index in [0.29, 0.717) is 28.5 Å². The molecule has 0 fully saturated rings. The second-order valence-corrected chi connectivity index (χ2v) is 5.27. The third-order valence-electron chi connectivity index (χ3n) is 3.17. The molecule has 0 aliphatic carbocycles. The normalized spacial score (nSPS) is 11.1. The number of halogens is 1. The molecule has 1 aromatic heterocycles. The van der Waals surface area contributed by atoms with Gasteiger partial charge in [0.05, 0.1) is 28.1 Å². The Morgan fingerprint density at radius 3 is 2.55 bits per heavy atom. The minimum absolute atomic E-state index is 0.00284. The van der Waals surface area contributed by atoms with E-state index in [4.69, 9.17) is 11.6 Å². The van der Waals surface area contributed by atoms with Crippen molar-refractivity contribution in [2.24, 2.45) is 0 Å². The molecule has 4 nitrogen and oxygen atoms in total. The largest absolute Gasteiger partial charge is 0.545 e. The average Bonchev–Trinajstić information content (AvgIpc) is 2.78. The number of carboxylic acids is 1. The number of carboxylic acid groups (broad SMARTS) is 1. The highest BCUT2D eigenvalue weighted by molar-refractivity contribution is 6.32. The summed E-state index contributed by atoms with van der Waals surface area (Å²) in [6.45, 7) is 5.71. The zero-order chi connectivity index (χ0) is 14.9. The molecule has 0 amide bonds. The van der Waals surface area contributed by atoms with Crippen molar-refractivity contribution in [1.82, 2.24) is 9.78 Å². The van der Waals surface area contributed by atoms with Crippen LogP contribution in [0.2, 0.25) is 5.02 Å². The highest BCUT2D eigenvalue weighted by Gasteiger charge is 2.21. The predicted molar refractivity (Wildman–Crippen MR) is 76.4 cm³/mol. The van der Waals surface area contributed by atoms with Crippen molar-refractivity contribution < 1.29 is 9.90 Å². The molecule has 0 saturated heterocycles. The summed E-state index contributed by atoms with van der Waals surface area (Å²) in [6.07, 6.45) is 0.536. The molecule has 106 valence electrons. The first kappa shape index (κ1) is 14.6. The van der Waals surface area contributed by atoms with Crippen LogP contribution in [0.1, 0.15) is 48.4 Å². The van der Waals surface area contributed by atoms with Gasteiger partial charge < -0.3 is 9.90 Å². The number of para-hydroxylation sites is 1. The summed E-state index contributed by atoms with van der Waals surface area (Å²) in [4.78, 5) is 11.4. The fourth-order valence-electron chi connectivity index (χ4n) is 2.25. The summed E-state index contributed by atoms with van der Waals surface area (Å²) < 4.78 is 1.61. The fourth-order valence-corrected chi connectivity index (χ4v) is 2.46. The Bertz CT molecular complexity index is 647. The number of benzene rings is 1. The summed E-state index contributed by atoms with van der Waals surface area (Å²) >= 11 is 6.18. The second-order valence-electron chi connectivity index (χ2n) is 4.87. The van der Waals surface area contributed by atoms with Crippen LogP contribution < -0.4 is 5.11 Å². The topological polar surface area (TPSA) is 57.9 Å². The third-order valence-corrected chi connectivity index (χ3v) is 3.49. The summed E-state index contributed by atoms with van der Waals surface area (Å²) in [7, 11) is 0. The molecule has 0 aliphatic rings. The van der Waals surface area contributed by atoms with Crippen molar-refractivity contribution in [1.29, 1.82) is 0 Å². The van der Waals surface area contributed by atoms with E-state index in [2.05, 4.69) is 5.10 Å². The summed E-state index contributed by atoms with van der Waals surface area (Å²) in [5.74, 6) is -1.19. The Kier molecular flexibility index (Phi) is 4.14. The highest BCUT2D eigenvalue weighted by atomic mass is 35.5. The molecule has 0 saturated carbocycles. The lowest BCUT2D eigenvalue weighted by Gasteiger charge is -2.10. The zero-order valence-corrected chi connectivity index (χ0v) is 12.4. The Morgan fingerprint density at radius 2 is 2.05 bits per heavy atom. The number of rotatable bonds is 4. The van der Waals surface area contributed by atoms with Crippen LogP contribution in [0.25, 0.3) is 5.69 Å². The number of aromatic carboxylic acids is 1. The first-order valence-electron chi connectivity index (χ1n) is 6.55. The quantitative estimate of drug-likeness (QED) is 0.870.